The molecule has 1 saturated carbocycles. The highest BCUT2D eigenvalue weighted by atomic mass is 16.3. The van der Waals surface area contributed by atoms with E-state index in [1.807, 2.05) is 0 Å². The van der Waals surface area contributed by atoms with E-state index in [-0.39, 0.29) is 5.78 Å². The molecule has 0 spiro atoms. The van der Waals surface area contributed by atoms with Crippen molar-refractivity contribution < 1.29 is 15.0 Å². The van der Waals surface area contributed by atoms with Crippen molar-refractivity contribution in [3.8, 4) is 0 Å². The van der Waals surface area contributed by atoms with Crippen molar-refractivity contribution in [2.24, 2.45) is 5.92 Å². The highest BCUT2D eigenvalue weighted by Crippen LogP contribution is 2.34. The Labute approximate surface area is 104 Å². The summed E-state index contributed by atoms with van der Waals surface area (Å²) in [7, 11) is 0. The van der Waals surface area contributed by atoms with Crippen molar-refractivity contribution in [2.75, 3.05) is 0 Å². The van der Waals surface area contributed by atoms with Gasteiger partial charge in [0.05, 0.1) is 6.10 Å². The monoisotopic (exact) mass is 242 g/mol. The van der Waals surface area contributed by atoms with Crippen LogP contribution in [-0.4, -0.2) is 27.7 Å². The zero-order valence-electron chi connectivity index (χ0n) is 11.1. The summed E-state index contributed by atoms with van der Waals surface area (Å²) in [5.41, 5.74) is -1.46. The Hall–Kier alpha value is -0.410. The Kier molecular flexibility index (Phi) is 5.60. The number of carbonyl (C=O) groups excluding carboxylic acids is 1. The van der Waals surface area contributed by atoms with Gasteiger partial charge in [0.2, 0.25) is 0 Å². The summed E-state index contributed by atoms with van der Waals surface area (Å²) in [4.78, 5) is 12.0. The molecule has 3 nitrogen and oxygen atoms in total. The molecule has 0 bridgehead atoms. The van der Waals surface area contributed by atoms with Gasteiger partial charge in [0.25, 0.3) is 0 Å². The summed E-state index contributed by atoms with van der Waals surface area (Å²) in [6.07, 6.45) is 5.45. The van der Waals surface area contributed by atoms with Crippen LogP contribution in [-0.2, 0) is 4.79 Å². The fourth-order valence-corrected chi connectivity index (χ4v) is 2.58. The van der Waals surface area contributed by atoms with Gasteiger partial charge in [-0.05, 0) is 31.6 Å². The average molecular weight is 242 g/mol. The molecule has 1 aliphatic rings. The molecule has 0 aromatic rings. The largest absolute Gasteiger partial charge is 0.390 e. The maximum atomic E-state index is 12.0. The third-order valence-corrected chi connectivity index (χ3v) is 3.94. The topological polar surface area (TPSA) is 57.5 Å². The van der Waals surface area contributed by atoms with Crippen LogP contribution in [0.5, 0.6) is 0 Å². The van der Waals surface area contributed by atoms with Gasteiger partial charge in [-0.2, -0.15) is 0 Å². The number of Topliss-reactive ketones (excluding diaryl/α,β-unsaturated/α-hetero) is 1. The van der Waals surface area contributed by atoms with Crippen molar-refractivity contribution in [1.29, 1.82) is 0 Å². The highest BCUT2D eigenvalue weighted by molar-refractivity contribution is 5.87. The minimum Gasteiger partial charge on any atom is -0.390 e. The molecule has 1 rings (SSSR count). The van der Waals surface area contributed by atoms with Gasteiger partial charge >= 0.3 is 0 Å². The number of hydrogen-bond donors (Lipinski definition) is 2. The number of ketones is 1. The fourth-order valence-electron chi connectivity index (χ4n) is 2.58. The molecule has 1 fully saturated rings. The lowest BCUT2D eigenvalue weighted by Gasteiger charge is -2.38. The van der Waals surface area contributed by atoms with E-state index in [2.05, 4.69) is 13.8 Å². The van der Waals surface area contributed by atoms with Gasteiger partial charge in [-0.3, -0.25) is 4.79 Å². The number of carbonyl (C=O) groups is 1. The second-order valence-corrected chi connectivity index (χ2v) is 5.55. The van der Waals surface area contributed by atoms with E-state index in [4.69, 9.17) is 0 Å². The standard InChI is InChI=1S/C14H26O3/c1-3-4-5-6-7-12(15)14(17)9-8-11(2)10-13(14)16/h11,13,16-17H,3-10H2,1-2H3. The van der Waals surface area contributed by atoms with E-state index in [1.54, 1.807) is 0 Å². The molecule has 0 saturated heterocycles. The first-order chi connectivity index (χ1) is 8.00. The van der Waals surface area contributed by atoms with E-state index < -0.39 is 11.7 Å². The van der Waals surface area contributed by atoms with Crippen LogP contribution in [0.25, 0.3) is 0 Å². The molecular weight excluding hydrogens is 216 g/mol. The number of aliphatic hydroxyl groups is 2. The number of aliphatic hydroxyl groups excluding tert-OH is 1. The van der Waals surface area contributed by atoms with Gasteiger partial charge in [-0.15, -0.1) is 0 Å². The Morgan fingerprint density at radius 2 is 2.06 bits per heavy atom. The van der Waals surface area contributed by atoms with Crippen LogP contribution in [0.15, 0.2) is 0 Å². The molecule has 0 aromatic heterocycles. The van der Waals surface area contributed by atoms with Crippen molar-refractivity contribution in [3.05, 3.63) is 0 Å². The number of hydrogen-bond acceptors (Lipinski definition) is 3. The Balaban J connectivity index is 2.43. The molecule has 0 aliphatic heterocycles. The second-order valence-electron chi connectivity index (χ2n) is 5.55. The second kappa shape index (κ2) is 6.50. The van der Waals surface area contributed by atoms with E-state index >= 15 is 0 Å². The van der Waals surface area contributed by atoms with Gasteiger partial charge in [-0.1, -0.05) is 33.1 Å². The lowest BCUT2D eigenvalue weighted by atomic mass is 9.74. The number of rotatable bonds is 6. The molecule has 1 aliphatic carbocycles. The third-order valence-electron chi connectivity index (χ3n) is 3.94. The minimum atomic E-state index is -1.46. The van der Waals surface area contributed by atoms with E-state index in [9.17, 15) is 15.0 Å². The zero-order chi connectivity index (χ0) is 12.9. The Bertz CT molecular complexity index is 252. The van der Waals surface area contributed by atoms with Gasteiger partial charge < -0.3 is 10.2 Å². The molecule has 0 radical (unpaired) electrons. The number of unbranched alkanes of at least 4 members (excludes halogenated alkanes) is 3. The first-order valence-electron chi connectivity index (χ1n) is 6.94. The first-order valence-corrected chi connectivity index (χ1v) is 6.94. The summed E-state index contributed by atoms with van der Waals surface area (Å²) in [5, 5.41) is 20.2. The first kappa shape index (κ1) is 14.7. The Morgan fingerprint density at radius 1 is 1.35 bits per heavy atom. The molecule has 100 valence electrons. The van der Waals surface area contributed by atoms with Crippen LogP contribution in [0.2, 0.25) is 0 Å². The maximum absolute atomic E-state index is 12.0. The zero-order valence-corrected chi connectivity index (χ0v) is 11.1. The van der Waals surface area contributed by atoms with Crippen LogP contribution in [0.4, 0.5) is 0 Å². The summed E-state index contributed by atoms with van der Waals surface area (Å²) < 4.78 is 0. The average Bonchev–Trinajstić information content (AvgIpc) is 2.29. The van der Waals surface area contributed by atoms with Crippen molar-refractivity contribution >= 4 is 5.78 Å². The molecule has 17 heavy (non-hydrogen) atoms. The van der Waals surface area contributed by atoms with Crippen molar-refractivity contribution in [1.82, 2.24) is 0 Å². The maximum Gasteiger partial charge on any atom is 0.167 e. The molecule has 0 aromatic carbocycles. The normalized spacial score (nSPS) is 33.6. The van der Waals surface area contributed by atoms with Crippen LogP contribution in [0, 0.1) is 5.92 Å². The van der Waals surface area contributed by atoms with Gasteiger partial charge in [-0.25, -0.2) is 0 Å². The highest BCUT2D eigenvalue weighted by Gasteiger charge is 2.45. The van der Waals surface area contributed by atoms with Gasteiger partial charge in [0.1, 0.15) is 5.60 Å². The smallest absolute Gasteiger partial charge is 0.167 e. The quantitative estimate of drug-likeness (QED) is 0.703. The van der Waals surface area contributed by atoms with Crippen LogP contribution >= 0.6 is 0 Å². The van der Waals surface area contributed by atoms with Crippen molar-refractivity contribution in [3.63, 3.8) is 0 Å². The molecule has 3 unspecified atom stereocenters. The van der Waals surface area contributed by atoms with Crippen LogP contribution < -0.4 is 0 Å². The lowest BCUT2D eigenvalue weighted by molar-refractivity contribution is -0.159. The molecular formula is C14H26O3. The van der Waals surface area contributed by atoms with Gasteiger partial charge in [0.15, 0.2) is 5.78 Å². The SMILES string of the molecule is CCCCCCC(=O)C1(O)CCC(C)CC1O. The molecule has 0 amide bonds. The predicted molar refractivity (Wildman–Crippen MR) is 67.7 cm³/mol. The Morgan fingerprint density at radius 3 is 2.65 bits per heavy atom. The summed E-state index contributed by atoms with van der Waals surface area (Å²) in [6, 6.07) is 0. The van der Waals surface area contributed by atoms with Gasteiger partial charge in [0, 0.05) is 6.42 Å². The summed E-state index contributed by atoms with van der Waals surface area (Å²) in [6.45, 7) is 4.18. The van der Waals surface area contributed by atoms with E-state index in [1.165, 1.54) is 0 Å². The molecule has 3 atom stereocenters. The minimum absolute atomic E-state index is 0.159. The van der Waals surface area contributed by atoms with E-state index in [0.29, 0.717) is 25.2 Å². The van der Waals surface area contributed by atoms with Crippen molar-refractivity contribution in [2.45, 2.75) is 76.9 Å². The summed E-state index contributed by atoms with van der Waals surface area (Å²) >= 11 is 0. The van der Waals surface area contributed by atoms with Crippen LogP contribution in [0.3, 0.4) is 0 Å². The predicted octanol–water partition coefficient (Wildman–Crippen LogP) is 2.44. The van der Waals surface area contributed by atoms with Crippen LogP contribution in [0.1, 0.15) is 65.2 Å². The summed E-state index contributed by atoms with van der Waals surface area (Å²) in [5.74, 6) is 0.242. The molecule has 2 N–H and O–H groups in total. The third kappa shape index (κ3) is 3.78. The molecule has 0 heterocycles. The lowest BCUT2D eigenvalue weighted by Crippen LogP contribution is -2.52. The van der Waals surface area contributed by atoms with E-state index in [0.717, 1.165) is 32.1 Å². The fraction of sp³-hybridized carbons (Fsp3) is 0.929. The molecule has 3 heteroatoms.